The highest BCUT2D eigenvalue weighted by Crippen LogP contribution is 2.39. The monoisotopic (exact) mass is 344 g/mol. The Labute approximate surface area is 145 Å². The summed E-state index contributed by atoms with van der Waals surface area (Å²) in [5.41, 5.74) is 3.46. The minimum Gasteiger partial charge on any atom is -0.302 e. The molecular weight excluding hydrogens is 324 g/mol. The minimum atomic E-state index is -0.197. The number of allylic oxidation sites excluding steroid dienone is 1. The number of carbonyl (C=O) groups is 1. The second-order valence-electron chi connectivity index (χ2n) is 5.60. The Bertz CT molecular complexity index is 698. The fraction of sp³-hybridized carbons (Fsp3) is 0.353. The lowest BCUT2D eigenvalue weighted by atomic mass is 10.2. The molecule has 1 aliphatic rings. The molecule has 3 rings (SSSR count). The summed E-state index contributed by atoms with van der Waals surface area (Å²) < 4.78 is 2.04. The van der Waals surface area contributed by atoms with Crippen LogP contribution in [0.5, 0.6) is 0 Å². The van der Waals surface area contributed by atoms with E-state index in [1.807, 2.05) is 41.0 Å². The topological polar surface area (TPSA) is 69.0 Å². The van der Waals surface area contributed by atoms with Crippen LogP contribution < -0.4 is 5.48 Å². The quantitative estimate of drug-likeness (QED) is 0.430. The van der Waals surface area contributed by atoms with Crippen molar-refractivity contribution in [2.45, 2.75) is 37.1 Å². The number of hydrogen-bond donors (Lipinski definition) is 1. The number of nitrogens with one attached hydrogen (secondary N) is 1. The lowest BCUT2D eigenvalue weighted by Crippen LogP contribution is -2.25. The van der Waals surface area contributed by atoms with Crippen molar-refractivity contribution in [3.63, 3.8) is 0 Å². The van der Waals surface area contributed by atoms with Gasteiger partial charge in [0, 0.05) is 12.5 Å². The van der Waals surface area contributed by atoms with Gasteiger partial charge in [0.25, 0.3) is 5.91 Å². The SMILES string of the molecule is C=CCn1c(SCC(=O)NOCc2ccccc2)nnc1C1CC1. The van der Waals surface area contributed by atoms with Crippen LogP contribution >= 0.6 is 11.8 Å². The molecule has 0 unspecified atom stereocenters. The van der Waals surface area contributed by atoms with Gasteiger partial charge in [-0.05, 0) is 18.4 Å². The zero-order chi connectivity index (χ0) is 16.8. The number of carbonyl (C=O) groups excluding carboxylic acids is 1. The molecule has 1 heterocycles. The summed E-state index contributed by atoms with van der Waals surface area (Å²) in [5.74, 6) is 1.54. The van der Waals surface area contributed by atoms with Crippen molar-refractivity contribution in [3.05, 3.63) is 54.4 Å². The second kappa shape index (κ2) is 8.12. The highest BCUT2D eigenvalue weighted by molar-refractivity contribution is 7.99. The maximum absolute atomic E-state index is 11.9. The van der Waals surface area contributed by atoms with Gasteiger partial charge in [0.05, 0.1) is 12.4 Å². The lowest BCUT2D eigenvalue weighted by Gasteiger charge is -2.08. The zero-order valence-electron chi connectivity index (χ0n) is 13.4. The van der Waals surface area contributed by atoms with E-state index in [4.69, 9.17) is 4.84 Å². The number of hydroxylamine groups is 1. The normalized spacial score (nSPS) is 13.7. The van der Waals surface area contributed by atoms with Crippen LogP contribution in [-0.2, 0) is 22.8 Å². The van der Waals surface area contributed by atoms with Crippen molar-refractivity contribution in [2.24, 2.45) is 0 Å². The van der Waals surface area contributed by atoms with Crippen molar-refractivity contribution in [1.82, 2.24) is 20.2 Å². The van der Waals surface area contributed by atoms with E-state index in [-0.39, 0.29) is 11.7 Å². The van der Waals surface area contributed by atoms with E-state index in [0.717, 1.165) is 29.4 Å². The molecule has 1 aromatic heterocycles. The fourth-order valence-electron chi connectivity index (χ4n) is 2.28. The molecule has 0 saturated heterocycles. The van der Waals surface area contributed by atoms with Crippen molar-refractivity contribution in [3.8, 4) is 0 Å². The summed E-state index contributed by atoms with van der Waals surface area (Å²) >= 11 is 1.36. The third-order valence-electron chi connectivity index (χ3n) is 3.60. The summed E-state index contributed by atoms with van der Waals surface area (Å²) in [6, 6.07) is 9.69. The largest absolute Gasteiger partial charge is 0.302 e. The number of aromatic nitrogens is 3. The molecule has 1 N–H and O–H groups in total. The summed E-state index contributed by atoms with van der Waals surface area (Å²) in [4.78, 5) is 17.1. The molecule has 0 radical (unpaired) electrons. The molecule has 6 nitrogen and oxygen atoms in total. The molecule has 1 saturated carbocycles. The maximum atomic E-state index is 11.9. The van der Waals surface area contributed by atoms with Crippen LogP contribution in [0.25, 0.3) is 0 Å². The van der Waals surface area contributed by atoms with Crippen molar-refractivity contribution < 1.29 is 9.63 Å². The fourth-order valence-corrected chi connectivity index (χ4v) is 3.03. The van der Waals surface area contributed by atoms with E-state index in [2.05, 4.69) is 22.3 Å². The van der Waals surface area contributed by atoms with Gasteiger partial charge in [0.1, 0.15) is 5.82 Å². The number of amides is 1. The third kappa shape index (κ3) is 4.46. The van der Waals surface area contributed by atoms with Gasteiger partial charge in [0.2, 0.25) is 0 Å². The smallest absolute Gasteiger partial charge is 0.254 e. The van der Waals surface area contributed by atoms with Gasteiger partial charge >= 0.3 is 0 Å². The van der Waals surface area contributed by atoms with E-state index in [9.17, 15) is 4.79 Å². The maximum Gasteiger partial charge on any atom is 0.254 e. The van der Waals surface area contributed by atoms with Crippen LogP contribution in [0.1, 0.15) is 30.1 Å². The summed E-state index contributed by atoms with van der Waals surface area (Å²) in [5, 5.41) is 9.21. The molecule has 0 aliphatic heterocycles. The average Bonchev–Trinajstić information content (AvgIpc) is 3.36. The first-order chi connectivity index (χ1) is 11.8. The van der Waals surface area contributed by atoms with E-state index < -0.39 is 0 Å². The van der Waals surface area contributed by atoms with Gasteiger partial charge in [-0.15, -0.1) is 16.8 Å². The Morgan fingerprint density at radius 3 is 2.88 bits per heavy atom. The Kier molecular flexibility index (Phi) is 5.66. The molecular formula is C17H20N4O2S. The van der Waals surface area contributed by atoms with Gasteiger partial charge in [0.15, 0.2) is 5.16 Å². The number of benzene rings is 1. The van der Waals surface area contributed by atoms with Gasteiger partial charge in [-0.25, -0.2) is 5.48 Å². The van der Waals surface area contributed by atoms with E-state index in [1.54, 1.807) is 0 Å². The van der Waals surface area contributed by atoms with Crippen LogP contribution in [-0.4, -0.2) is 26.4 Å². The van der Waals surface area contributed by atoms with Crippen LogP contribution in [0, 0.1) is 0 Å². The van der Waals surface area contributed by atoms with E-state index in [1.165, 1.54) is 11.8 Å². The summed E-state index contributed by atoms with van der Waals surface area (Å²) in [6.07, 6.45) is 4.14. The molecule has 0 spiro atoms. The lowest BCUT2D eigenvalue weighted by molar-refractivity contribution is -0.131. The molecule has 2 aromatic rings. The Morgan fingerprint density at radius 1 is 1.38 bits per heavy atom. The van der Waals surface area contributed by atoms with E-state index >= 15 is 0 Å². The van der Waals surface area contributed by atoms with Crippen molar-refractivity contribution in [2.75, 3.05) is 5.75 Å². The molecule has 1 amide bonds. The number of hydrogen-bond acceptors (Lipinski definition) is 5. The number of rotatable bonds is 9. The Morgan fingerprint density at radius 2 is 2.17 bits per heavy atom. The molecule has 1 aliphatic carbocycles. The average molecular weight is 344 g/mol. The second-order valence-corrected chi connectivity index (χ2v) is 6.55. The van der Waals surface area contributed by atoms with Gasteiger partial charge in [-0.1, -0.05) is 48.2 Å². The van der Waals surface area contributed by atoms with Crippen LogP contribution in [0.15, 0.2) is 48.1 Å². The summed E-state index contributed by atoms with van der Waals surface area (Å²) in [6.45, 7) is 4.78. The molecule has 126 valence electrons. The zero-order valence-corrected chi connectivity index (χ0v) is 14.2. The van der Waals surface area contributed by atoms with E-state index in [0.29, 0.717) is 19.1 Å². The molecule has 1 aromatic carbocycles. The molecule has 7 heteroatoms. The van der Waals surface area contributed by atoms with Gasteiger partial charge in [-0.3, -0.25) is 9.63 Å². The number of thioether (sulfide) groups is 1. The van der Waals surface area contributed by atoms with Crippen molar-refractivity contribution in [1.29, 1.82) is 0 Å². The Hall–Kier alpha value is -2.12. The third-order valence-corrected chi connectivity index (χ3v) is 4.57. The predicted octanol–water partition coefficient (Wildman–Crippen LogP) is 2.68. The first-order valence-electron chi connectivity index (χ1n) is 7.89. The van der Waals surface area contributed by atoms with Gasteiger partial charge < -0.3 is 4.57 Å². The van der Waals surface area contributed by atoms with Crippen LogP contribution in [0.4, 0.5) is 0 Å². The van der Waals surface area contributed by atoms with Crippen molar-refractivity contribution >= 4 is 17.7 Å². The number of nitrogens with zero attached hydrogens (tertiary/aromatic N) is 3. The highest BCUT2D eigenvalue weighted by atomic mass is 32.2. The first-order valence-corrected chi connectivity index (χ1v) is 8.88. The van der Waals surface area contributed by atoms with Crippen LogP contribution in [0.3, 0.4) is 0 Å². The summed E-state index contributed by atoms with van der Waals surface area (Å²) in [7, 11) is 0. The predicted molar refractivity (Wildman–Crippen MR) is 92.3 cm³/mol. The Balaban J connectivity index is 1.46. The van der Waals surface area contributed by atoms with Gasteiger partial charge in [-0.2, -0.15) is 0 Å². The molecule has 0 bridgehead atoms. The minimum absolute atomic E-state index is 0.197. The molecule has 1 fully saturated rings. The highest BCUT2D eigenvalue weighted by Gasteiger charge is 2.30. The molecule has 0 atom stereocenters. The molecule has 24 heavy (non-hydrogen) atoms. The van der Waals surface area contributed by atoms with Crippen LogP contribution in [0.2, 0.25) is 0 Å². The first kappa shape index (κ1) is 16.7. The standard InChI is InChI=1S/C17H20N4O2S/c1-2-10-21-16(14-8-9-14)18-19-17(21)24-12-15(22)20-23-11-13-6-4-3-5-7-13/h2-7,14H,1,8-12H2,(H,20,22).